The van der Waals surface area contributed by atoms with E-state index in [1.807, 2.05) is 40.7 Å². The standard InChI is InChI=1S/C17H20ClN3OS2/c18-15-4-2-1-3-13(15)11-19-12-14-5-6-16(22)21(14)8-10-24-17-20-7-9-23-17/h1-4,7,9,14,19H,5-6,8,10-12H2/t14-/m1/s1. The minimum Gasteiger partial charge on any atom is -0.338 e. The van der Waals surface area contributed by atoms with E-state index in [2.05, 4.69) is 10.3 Å². The maximum Gasteiger partial charge on any atom is 0.222 e. The fourth-order valence-corrected chi connectivity index (χ4v) is 4.69. The fourth-order valence-electron chi connectivity index (χ4n) is 2.84. The number of likely N-dealkylation sites (tertiary alicyclic amines) is 1. The van der Waals surface area contributed by atoms with E-state index in [0.29, 0.717) is 6.42 Å². The highest BCUT2D eigenvalue weighted by atomic mass is 35.5. The molecule has 128 valence electrons. The zero-order valence-corrected chi connectivity index (χ0v) is 15.7. The van der Waals surface area contributed by atoms with Crippen molar-refractivity contribution in [1.29, 1.82) is 0 Å². The summed E-state index contributed by atoms with van der Waals surface area (Å²) < 4.78 is 1.06. The maximum atomic E-state index is 12.1. The number of hydrogen-bond donors (Lipinski definition) is 1. The van der Waals surface area contributed by atoms with Crippen molar-refractivity contribution < 1.29 is 4.79 Å². The number of amides is 1. The summed E-state index contributed by atoms with van der Waals surface area (Å²) in [6.45, 7) is 2.31. The molecule has 1 saturated heterocycles. The van der Waals surface area contributed by atoms with Crippen LogP contribution in [0.3, 0.4) is 0 Å². The number of rotatable bonds is 8. The summed E-state index contributed by atoms with van der Waals surface area (Å²) in [5.74, 6) is 1.15. The molecule has 3 rings (SSSR count). The van der Waals surface area contributed by atoms with Gasteiger partial charge in [0.2, 0.25) is 5.91 Å². The number of halogens is 1. The van der Waals surface area contributed by atoms with Gasteiger partial charge in [-0.3, -0.25) is 4.79 Å². The van der Waals surface area contributed by atoms with Crippen LogP contribution in [0.2, 0.25) is 5.02 Å². The number of hydrogen-bond acceptors (Lipinski definition) is 5. The van der Waals surface area contributed by atoms with Gasteiger partial charge in [0, 0.05) is 54.4 Å². The van der Waals surface area contributed by atoms with Crippen molar-refractivity contribution in [2.24, 2.45) is 0 Å². The van der Waals surface area contributed by atoms with Gasteiger partial charge in [-0.15, -0.1) is 11.3 Å². The molecule has 2 heterocycles. The number of aromatic nitrogens is 1. The summed E-state index contributed by atoms with van der Waals surface area (Å²) in [5.41, 5.74) is 1.09. The highest BCUT2D eigenvalue weighted by Crippen LogP contribution is 2.23. The first-order chi connectivity index (χ1) is 11.7. The lowest BCUT2D eigenvalue weighted by molar-refractivity contribution is -0.128. The molecule has 0 saturated carbocycles. The third kappa shape index (κ3) is 4.72. The quantitative estimate of drug-likeness (QED) is 0.708. The molecule has 24 heavy (non-hydrogen) atoms. The normalized spacial score (nSPS) is 17.6. The molecular weight excluding hydrogens is 362 g/mol. The first kappa shape index (κ1) is 17.7. The van der Waals surface area contributed by atoms with Crippen molar-refractivity contribution in [2.45, 2.75) is 29.8 Å². The molecule has 1 aliphatic heterocycles. The SMILES string of the molecule is O=C1CC[C@H](CNCc2ccccc2Cl)N1CCSc1nccs1. The summed E-state index contributed by atoms with van der Waals surface area (Å²) in [7, 11) is 0. The number of nitrogens with zero attached hydrogens (tertiary/aromatic N) is 2. The van der Waals surface area contributed by atoms with Crippen LogP contribution in [0.5, 0.6) is 0 Å². The van der Waals surface area contributed by atoms with Gasteiger partial charge in [-0.2, -0.15) is 0 Å². The Hall–Kier alpha value is -1.08. The van der Waals surface area contributed by atoms with Crippen LogP contribution in [0.25, 0.3) is 0 Å². The molecule has 1 atom stereocenters. The van der Waals surface area contributed by atoms with Crippen LogP contribution in [-0.4, -0.2) is 40.7 Å². The van der Waals surface area contributed by atoms with Gasteiger partial charge in [0.1, 0.15) is 4.34 Å². The van der Waals surface area contributed by atoms with E-state index in [0.717, 1.165) is 46.7 Å². The van der Waals surface area contributed by atoms with Crippen LogP contribution in [0, 0.1) is 0 Å². The molecule has 1 aliphatic rings. The van der Waals surface area contributed by atoms with Gasteiger partial charge in [0.25, 0.3) is 0 Å². The summed E-state index contributed by atoms with van der Waals surface area (Å²) in [5, 5.41) is 6.20. The molecule has 7 heteroatoms. The maximum absolute atomic E-state index is 12.1. The second kappa shape index (κ2) is 8.85. The molecule has 2 aromatic rings. The zero-order chi connectivity index (χ0) is 16.8. The molecule has 0 spiro atoms. The summed E-state index contributed by atoms with van der Waals surface area (Å²) >= 11 is 9.54. The largest absolute Gasteiger partial charge is 0.338 e. The Balaban J connectivity index is 1.45. The van der Waals surface area contributed by atoms with Crippen molar-refractivity contribution >= 4 is 40.6 Å². The van der Waals surface area contributed by atoms with Crippen LogP contribution in [0.1, 0.15) is 18.4 Å². The minimum absolute atomic E-state index is 0.263. The van der Waals surface area contributed by atoms with Gasteiger partial charge < -0.3 is 10.2 Å². The summed E-state index contributed by atoms with van der Waals surface area (Å²) in [4.78, 5) is 18.4. The molecule has 0 unspecified atom stereocenters. The molecule has 1 amide bonds. The van der Waals surface area contributed by atoms with Crippen molar-refractivity contribution in [3.05, 3.63) is 46.4 Å². The average Bonchev–Trinajstić information content (AvgIpc) is 3.21. The number of nitrogens with one attached hydrogen (secondary N) is 1. The molecule has 4 nitrogen and oxygen atoms in total. The van der Waals surface area contributed by atoms with E-state index in [4.69, 9.17) is 11.6 Å². The first-order valence-corrected chi connectivity index (χ1v) is 10.2. The molecule has 1 aromatic heterocycles. The third-order valence-electron chi connectivity index (χ3n) is 4.07. The van der Waals surface area contributed by atoms with Crippen LogP contribution in [0.15, 0.2) is 40.2 Å². The molecular formula is C17H20ClN3OS2. The smallest absolute Gasteiger partial charge is 0.222 e. The summed E-state index contributed by atoms with van der Waals surface area (Å²) in [6.07, 6.45) is 3.39. The van der Waals surface area contributed by atoms with Crippen LogP contribution in [-0.2, 0) is 11.3 Å². The van der Waals surface area contributed by atoms with Crippen LogP contribution >= 0.6 is 34.7 Å². The molecule has 1 N–H and O–H groups in total. The molecule has 0 radical (unpaired) electrons. The number of carbonyl (C=O) groups excluding carboxylic acids is 1. The molecule has 0 aliphatic carbocycles. The van der Waals surface area contributed by atoms with E-state index in [1.54, 1.807) is 23.1 Å². The topological polar surface area (TPSA) is 45.2 Å². The average molecular weight is 382 g/mol. The Kier molecular flexibility index (Phi) is 6.54. The van der Waals surface area contributed by atoms with Gasteiger partial charge in [-0.1, -0.05) is 41.6 Å². The highest BCUT2D eigenvalue weighted by molar-refractivity contribution is 8.01. The second-order valence-electron chi connectivity index (χ2n) is 5.65. The predicted octanol–water partition coefficient (Wildman–Crippen LogP) is 3.67. The Morgan fingerprint density at radius 2 is 2.29 bits per heavy atom. The Morgan fingerprint density at radius 3 is 3.08 bits per heavy atom. The highest BCUT2D eigenvalue weighted by Gasteiger charge is 2.30. The Morgan fingerprint density at radius 1 is 1.42 bits per heavy atom. The van der Waals surface area contributed by atoms with Crippen LogP contribution < -0.4 is 5.32 Å². The van der Waals surface area contributed by atoms with E-state index in [9.17, 15) is 4.79 Å². The number of carbonyl (C=O) groups is 1. The van der Waals surface area contributed by atoms with Gasteiger partial charge in [-0.25, -0.2) is 4.98 Å². The van der Waals surface area contributed by atoms with Crippen molar-refractivity contribution in [1.82, 2.24) is 15.2 Å². The lowest BCUT2D eigenvalue weighted by atomic mass is 10.2. The van der Waals surface area contributed by atoms with E-state index in [-0.39, 0.29) is 11.9 Å². The Bertz CT molecular complexity index is 666. The predicted molar refractivity (Wildman–Crippen MR) is 101 cm³/mol. The fraction of sp³-hybridized carbons (Fsp3) is 0.412. The van der Waals surface area contributed by atoms with E-state index >= 15 is 0 Å². The zero-order valence-electron chi connectivity index (χ0n) is 13.3. The number of thioether (sulfide) groups is 1. The number of thiazole rings is 1. The lowest BCUT2D eigenvalue weighted by Gasteiger charge is -2.25. The second-order valence-corrected chi connectivity index (χ2v) is 8.29. The van der Waals surface area contributed by atoms with Crippen molar-refractivity contribution in [3.8, 4) is 0 Å². The van der Waals surface area contributed by atoms with E-state index in [1.165, 1.54) is 0 Å². The minimum atomic E-state index is 0.263. The Labute approximate surface area is 155 Å². The monoisotopic (exact) mass is 381 g/mol. The third-order valence-corrected chi connectivity index (χ3v) is 6.39. The van der Waals surface area contributed by atoms with E-state index < -0.39 is 0 Å². The molecule has 1 aromatic carbocycles. The molecule has 0 bridgehead atoms. The summed E-state index contributed by atoms with van der Waals surface area (Å²) in [6, 6.07) is 8.13. The van der Waals surface area contributed by atoms with Gasteiger partial charge in [-0.05, 0) is 18.1 Å². The first-order valence-electron chi connectivity index (χ1n) is 8.00. The van der Waals surface area contributed by atoms with Crippen molar-refractivity contribution in [3.63, 3.8) is 0 Å². The van der Waals surface area contributed by atoms with Crippen LogP contribution in [0.4, 0.5) is 0 Å². The number of benzene rings is 1. The van der Waals surface area contributed by atoms with Gasteiger partial charge in [0.15, 0.2) is 0 Å². The van der Waals surface area contributed by atoms with Crippen molar-refractivity contribution in [2.75, 3.05) is 18.8 Å². The van der Waals surface area contributed by atoms with Gasteiger partial charge >= 0.3 is 0 Å². The van der Waals surface area contributed by atoms with Gasteiger partial charge in [0.05, 0.1) is 0 Å². The molecule has 1 fully saturated rings. The lowest BCUT2D eigenvalue weighted by Crippen LogP contribution is -2.41.